The first-order valence-electron chi connectivity index (χ1n) is 6.50. The summed E-state index contributed by atoms with van der Waals surface area (Å²) in [7, 11) is -2.98. The van der Waals surface area contributed by atoms with Gasteiger partial charge in [-0.2, -0.15) is 0 Å². The van der Waals surface area contributed by atoms with Crippen LogP contribution in [0.25, 0.3) is 11.4 Å². The fraction of sp³-hybridized carbons (Fsp3) is 0.417. The van der Waals surface area contributed by atoms with Gasteiger partial charge in [0.1, 0.15) is 15.7 Å². The molecule has 7 nitrogen and oxygen atoms in total. The van der Waals surface area contributed by atoms with E-state index in [1.54, 1.807) is 0 Å². The fourth-order valence-corrected chi connectivity index (χ4v) is 3.92. The number of sulfone groups is 1. The lowest BCUT2D eigenvalue weighted by molar-refractivity contribution is 0.407. The summed E-state index contributed by atoms with van der Waals surface area (Å²) >= 11 is 0. The van der Waals surface area contributed by atoms with Crippen LogP contribution < -0.4 is 5.73 Å². The molecule has 0 atom stereocenters. The number of nitrogen functional groups attached to an aromatic ring is 1. The third-order valence-electron chi connectivity index (χ3n) is 3.59. The first-order chi connectivity index (χ1) is 9.96. The first kappa shape index (κ1) is 13.9. The lowest BCUT2D eigenvalue weighted by Gasteiger charge is -2.22. The van der Waals surface area contributed by atoms with E-state index in [1.165, 1.54) is 22.9 Å². The van der Waals surface area contributed by atoms with Gasteiger partial charge >= 0.3 is 0 Å². The van der Waals surface area contributed by atoms with Crippen LogP contribution in [0.4, 0.5) is 10.1 Å². The van der Waals surface area contributed by atoms with Crippen LogP contribution in [0.5, 0.6) is 0 Å². The van der Waals surface area contributed by atoms with Crippen molar-refractivity contribution in [3.63, 3.8) is 0 Å². The average Bonchev–Trinajstić information content (AvgIpc) is 2.90. The van der Waals surface area contributed by atoms with Crippen LogP contribution in [0.3, 0.4) is 0 Å². The van der Waals surface area contributed by atoms with Crippen LogP contribution in [0, 0.1) is 5.82 Å². The number of tetrazole rings is 1. The Morgan fingerprint density at radius 1 is 1.29 bits per heavy atom. The maximum Gasteiger partial charge on any atom is 0.185 e. The zero-order valence-electron chi connectivity index (χ0n) is 11.1. The van der Waals surface area contributed by atoms with E-state index in [-0.39, 0.29) is 28.9 Å². The third-order valence-corrected chi connectivity index (χ3v) is 5.31. The number of hydrogen-bond donors (Lipinski definition) is 1. The van der Waals surface area contributed by atoms with Gasteiger partial charge in [-0.3, -0.25) is 0 Å². The Labute approximate surface area is 120 Å². The number of anilines is 1. The second-order valence-electron chi connectivity index (χ2n) is 5.07. The molecule has 0 spiro atoms. The van der Waals surface area contributed by atoms with Crippen LogP contribution in [-0.4, -0.2) is 40.1 Å². The summed E-state index contributed by atoms with van der Waals surface area (Å²) in [5.74, 6) is -0.0139. The van der Waals surface area contributed by atoms with E-state index in [9.17, 15) is 12.8 Å². The molecule has 9 heteroatoms. The quantitative estimate of drug-likeness (QED) is 0.823. The SMILES string of the molecule is Nc1ccc(F)c(-c2nnnn2C2CCS(=O)(=O)CC2)c1. The Morgan fingerprint density at radius 3 is 2.71 bits per heavy atom. The van der Waals surface area contributed by atoms with E-state index in [2.05, 4.69) is 15.5 Å². The molecule has 0 amide bonds. The van der Waals surface area contributed by atoms with Gasteiger partial charge in [0.25, 0.3) is 0 Å². The molecular weight excluding hydrogens is 297 g/mol. The maximum absolute atomic E-state index is 13.9. The van der Waals surface area contributed by atoms with Crippen LogP contribution >= 0.6 is 0 Å². The minimum Gasteiger partial charge on any atom is -0.399 e. The van der Waals surface area contributed by atoms with Crippen molar-refractivity contribution >= 4 is 15.5 Å². The predicted octanol–water partition coefficient (Wildman–Crippen LogP) is 0.811. The monoisotopic (exact) mass is 311 g/mol. The van der Waals surface area contributed by atoms with Gasteiger partial charge in [-0.1, -0.05) is 0 Å². The van der Waals surface area contributed by atoms with E-state index >= 15 is 0 Å². The minimum atomic E-state index is -2.98. The molecule has 112 valence electrons. The Bertz CT molecular complexity index is 760. The van der Waals surface area contributed by atoms with Gasteiger partial charge in [-0.25, -0.2) is 17.5 Å². The van der Waals surface area contributed by atoms with E-state index in [1.807, 2.05) is 0 Å². The number of nitrogens with zero attached hydrogens (tertiary/aromatic N) is 4. The number of halogens is 1. The number of hydrogen-bond acceptors (Lipinski definition) is 6. The molecule has 0 unspecified atom stereocenters. The fourth-order valence-electron chi connectivity index (χ4n) is 2.45. The molecule has 2 N–H and O–H groups in total. The van der Waals surface area contributed by atoms with Crippen molar-refractivity contribution in [2.75, 3.05) is 17.2 Å². The van der Waals surface area contributed by atoms with Crippen molar-refractivity contribution in [3.8, 4) is 11.4 Å². The van der Waals surface area contributed by atoms with Crippen molar-refractivity contribution in [2.24, 2.45) is 0 Å². The molecule has 1 saturated heterocycles. The standard InChI is InChI=1S/C12H14FN5O2S/c13-11-2-1-8(14)7-10(11)12-15-16-17-18(12)9-3-5-21(19,20)6-4-9/h1-2,7,9H,3-6,14H2. The van der Waals surface area contributed by atoms with Crippen LogP contribution in [0.2, 0.25) is 0 Å². The second kappa shape index (κ2) is 5.06. The van der Waals surface area contributed by atoms with Gasteiger partial charge in [0.05, 0.1) is 23.1 Å². The molecule has 3 rings (SSSR count). The summed E-state index contributed by atoms with van der Waals surface area (Å²) in [6, 6.07) is 4.03. The van der Waals surface area contributed by atoms with Gasteiger partial charge < -0.3 is 5.73 Å². The Balaban J connectivity index is 1.96. The average molecular weight is 311 g/mol. The molecule has 0 aliphatic carbocycles. The number of aromatic nitrogens is 4. The van der Waals surface area contributed by atoms with Gasteiger partial charge in [-0.15, -0.1) is 5.10 Å². The number of benzene rings is 1. The smallest absolute Gasteiger partial charge is 0.185 e. The summed E-state index contributed by atoms with van der Waals surface area (Å²) < 4.78 is 38.4. The largest absolute Gasteiger partial charge is 0.399 e. The normalized spacial score (nSPS) is 18.7. The lowest BCUT2D eigenvalue weighted by Crippen LogP contribution is -2.26. The summed E-state index contributed by atoms with van der Waals surface area (Å²) in [5, 5.41) is 11.3. The van der Waals surface area contributed by atoms with Gasteiger partial charge in [0.15, 0.2) is 5.82 Å². The summed E-state index contributed by atoms with van der Waals surface area (Å²) in [4.78, 5) is 0. The number of rotatable bonds is 2. The maximum atomic E-state index is 13.9. The molecule has 0 radical (unpaired) electrons. The highest BCUT2D eigenvalue weighted by Crippen LogP contribution is 2.29. The topological polar surface area (TPSA) is 104 Å². The Kier molecular flexibility index (Phi) is 3.36. The molecule has 2 aromatic rings. The van der Waals surface area contributed by atoms with Crippen molar-refractivity contribution in [1.29, 1.82) is 0 Å². The summed E-state index contributed by atoms with van der Waals surface area (Å²) in [6.45, 7) is 0. The molecule has 0 saturated carbocycles. The number of nitrogens with two attached hydrogens (primary N) is 1. The van der Waals surface area contributed by atoms with Crippen LogP contribution in [0.15, 0.2) is 18.2 Å². The van der Waals surface area contributed by atoms with Gasteiger partial charge in [-0.05, 0) is 41.5 Å². The van der Waals surface area contributed by atoms with Crippen molar-refractivity contribution in [3.05, 3.63) is 24.0 Å². The van der Waals surface area contributed by atoms with E-state index in [0.29, 0.717) is 18.5 Å². The van der Waals surface area contributed by atoms with E-state index in [4.69, 9.17) is 5.73 Å². The molecule has 1 aromatic carbocycles. The van der Waals surface area contributed by atoms with Crippen molar-refractivity contribution in [1.82, 2.24) is 20.2 Å². The van der Waals surface area contributed by atoms with E-state index in [0.717, 1.165) is 0 Å². The second-order valence-corrected chi connectivity index (χ2v) is 7.37. The summed E-state index contributed by atoms with van der Waals surface area (Å²) in [5.41, 5.74) is 6.30. The van der Waals surface area contributed by atoms with Gasteiger partial charge in [0.2, 0.25) is 0 Å². The highest BCUT2D eigenvalue weighted by atomic mass is 32.2. The van der Waals surface area contributed by atoms with Gasteiger partial charge in [0, 0.05) is 5.69 Å². The Morgan fingerprint density at radius 2 is 2.00 bits per heavy atom. The molecule has 21 heavy (non-hydrogen) atoms. The molecule has 1 aliphatic rings. The molecule has 0 bridgehead atoms. The van der Waals surface area contributed by atoms with E-state index < -0.39 is 15.7 Å². The molecule has 1 aromatic heterocycles. The lowest BCUT2D eigenvalue weighted by atomic mass is 10.1. The molecule has 1 fully saturated rings. The Hall–Kier alpha value is -2.03. The highest BCUT2D eigenvalue weighted by molar-refractivity contribution is 7.91. The highest BCUT2D eigenvalue weighted by Gasteiger charge is 2.28. The molecule has 2 heterocycles. The predicted molar refractivity (Wildman–Crippen MR) is 74.5 cm³/mol. The zero-order chi connectivity index (χ0) is 15.0. The van der Waals surface area contributed by atoms with Crippen molar-refractivity contribution in [2.45, 2.75) is 18.9 Å². The molecule has 1 aliphatic heterocycles. The summed E-state index contributed by atoms with van der Waals surface area (Å²) in [6.07, 6.45) is 0.842. The molecular formula is C12H14FN5O2S. The third kappa shape index (κ3) is 2.73. The first-order valence-corrected chi connectivity index (χ1v) is 8.32. The zero-order valence-corrected chi connectivity index (χ0v) is 11.9. The van der Waals surface area contributed by atoms with Crippen LogP contribution in [0.1, 0.15) is 18.9 Å². The van der Waals surface area contributed by atoms with Crippen molar-refractivity contribution < 1.29 is 12.8 Å². The van der Waals surface area contributed by atoms with Crippen LogP contribution in [-0.2, 0) is 9.84 Å². The minimum absolute atomic E-state index is 0.0936.